The first-order chi connectivity index (χ1) is 12.3. The van der Waals surface area contributed by atoms with Crippen LogP contribution in [0.25, 0.3) is 0 Å². The van der Waals surface area contributed by atoms with Crippen LogP contribution < -0.4 is 0 Å². The number of nitrogens with zero attached hydrogens (tertiary/aromatic N) is 1. The summed E-state index contributed by atoms with van der Waals surface area (Å²) >= 11 is 1.63. The van der Waals surface area contributed by atoms with E-state index in [4.69, 9.17) is 0 Å². The standard InChI is InChI=1S/C22H25NOS/c24-21(22-12-7-17-25-22)14-16-23(18-20-10-5-2-6-11-20)15-13-19-8-3-1-4-9-19/h1-12,17,21,24H,13-16,18H2. The van der Waals surface area contributed by atoms with Crippen LogP contribution >= 0.6 is 11.3 Å². The lowest BCUT2D eigenvalue weighted by Crippen LogP contribution is -2.28. The molecule has 0 saturated carbocycles. The highest BCUT2D eigenvalue weighted by Crippen LogP contribution is 2.22. The maximum Gasteiger partial charge on any atom is 0.0894 e. The molecule has 0 aliphatic heterocycles. The van der Waals surface area contributed by atoms with Gasteiger partial charge in [0.1, 0.15) is 0 Å². The van der Waals surface area contributed by atoms with Crippen LogP contribution in [0.2, 0.25) is 0 Å². The Bertz CT molecular complexity index is 712. The first-order valence-electron chi connectivity index (χ1n) is 8.83. The average Bonchev–Trinajstić information content (AvgIpc) is 3.20. The number of hydrogen-bond donors (Lipinski definition) is 1. The number of benzene rings is 2. The second kappa shape index (κ2) is 9.52. The second-order valence-corrected chi connectivity index (χ2v) is 7.30. The minimum absolute atomic E-state index is 0.366. The summed E-state index contributed by atoms with van der Waals surface area (Å²) in [6.07, 6.45) is 1.43. The van der Waals surface area contributed by atoms with E-state index in [9.17, 15) is 5.11 Å². The SMILES string of the molecule is OC(CCN(CCc1ccccc1)Cc1ccccc1)c1cccs1. The minimum Gasteiger partial charge on any atom is -0.388 e. The van der Waals surface area contributed by atoms with Crippen molar-refractivity contribution in [1.82, 2.24) is 4.90 Å². The Morgan fingerprint density at radius 2 is 1.48 bits per heavy atom. The monoisotopic (exact) mass is 351 g/mol. The van der Waals surface area contributed by atoms with E-state index in [-0.39, 0.29) is 6.10 Å². The van der Waals surface area contributed by atoms with Crippen LogP contribution in [0.15, 0.2) is 78.2 Å². The first kappa shape index (κ1) is 17.9. The van der Waals surface area contributed by atoms with Crippen molar-refractivity contribution >= 4 is 11.3 Å². The van der Waals surface area contributed by atoms with E-state index >= 15 is 0 Å². The van der Waals surface area contributed by atoms with Crippen molar-refractivity contribution in [2.45, 2.75) is 25.5 Å². The summed E-state index contributed by atoms with van der Waals surface area (Å²) < 4.78 is 0. The molecule has 2 nitrogen and oxygen atoms in total. The number of rotatable bonds is 9. The van der Waals surface area contributed by atoms with Crippen LogP contribution in [0.1, 0.15) is 28.5 Å². The van der Waals surface area contributed by atoms with Gasteiger partial charge in [0, 0.05) is 24.5 Å². The predicted octanol–water partition coefficient (Wildman–Crippen LogP) is 4.92. The highest BCUT2D eigenvalue weighted by molar-refractivity contribution is 7.10. The second-order valence-electron chi connectivity index (χ2n) is 6.32. The molecule has 1 atom stereocenters. The molecule has 130 valence electrons. The van der Waals surface area contributed by atoms with E-state index in [1.54, 1.807) is 11.3 Å². The molecule has 1 aromatic heterocycles. The van der Waals surface area contributed by atoms with Crippen molar-refractivity contribution < 1.29 is 5.11 Å². The van der Waals surface area contributed by atoms with Gasteiger partial charge < -0.3 is 5.11 Å². The van der Waals surface area contributed by atoms with Gasteiger partial charge in [0.2, 0.25) is 0 Å². The van der Waals surface area contributed by atoms with Crippen LogP contribution in [-0.2, 0) is 13.0 Å². The van der Waals surface area contributed by atoms with Crippen molar-refractivity contribution in [2.24, 2.45) is 0 Å². The molecular formula is C22H25NOS. The normalized spacial score (nSPS) is 12.4. The van der Waals surface area contributed by atoms with Crippen LogP contribution in [0, 0.1) is 0 Å². The van der Waals surface area contributed by atoms with Gasteiger partial charge >= 0.3 is 0 Å². The number of thiophene rings is 1. The number of aliphatic hydroxyl groups is 1. The fourth-order valence-electron chi connectivity index (χ4n) is 2.97. The molecule has 3 heteroatoms. The van der Waals surface area contributed by atoms with Crippen LogP contribution in [0.3, 0.4) is 0 Å². The fourth-order valence-corrected chi connectivity index (χ4v) is 3.72. The lowest BCUT2D eigenvalue weighted by Gasteiger charge is -2.24. The van der Waals surface area contributed by atoms with Gasteiger partial charge in [-0.15, -0.1) is 11.3 Å². The topological polar surface area (TPSA) is 23.5 Å². The molecule has 1 N–H and O–H groups in total. The molecular weight excluding hydrogens is 326 g/mol. The molecule has 0 aliphatic carbocycles. The fraction of sp³-hybridized carbons (Fsp3) is 0.273. The van der Waals surface area contributed by atoms with Crippen molar-refractivity contribution in [1.29, 1.82) is 0 Å². The van der Waals surface area contributed by atoms with Crippen molar-refractivity contribution in [3.05, 3.63) is 94.2 Å². The molecule has 0 saturated heterocycles. The smallest absolute Gasteiger partial charge is 0.0894 e. The van der Waals surface area contributed by atoms with Crippen LogP contribution in [0.4, 0.5) is 0 Å². The van der Waals surface area contributed by atoms with E-state index in [1.165, 1.54) is 11.1 Å². The molecule has 0 aliphatic rings. The molecule has 0 radical (unpaired) electrons. The van der Waals surface area contributed by atoms with Crippen molar-refractivity contribution in [3.63, 3.8) is 0 Å². The summed E-state index contributed by atoms with van der Waals surface area (Å²) in [5.74, 6) is 0. The Labute approximate surface area is 154 Å². The molecule has 2 aromatic carbocycles. The summed E-state index contributed by atoms with van der Waals surface area (Å²) in [6.45, 7) is 2.81. The molecule has 0 amide bonds. The van der Waals surface area contributed by atoms with E-state index in [0.29, 0.717) is 0 Å². The molecule has 0 spiro atoms. The summed E-state index contributed by atoms with van der Waals surface area (Å²) in [5, 5.41) is 12.4. The molecule has 0 fully saturated rings. The van der Waals surface area contributed by atoms with Gasteiger partial charge in [-0.25, -0.2) is 0 Å². The number of hydrogen-bond acceptors (Lipinski definition) is 3. The molecule has 3 rings (SSSR count). The molecule has 0 bridgehead atoms. The van der Waals surface area contributed by atoms with Gasteiger partial charge in [-0.1, -0.05) is 66.7 Å². The van der Waals surface area contributed by atoms with E-state index in [1.807, 2.05) is 17.5 Å². The van der Waals surface area contributed by atoms with Gasteiger partial charge in [-0.2, -0.15) is 0 Å². The van der Waals surface area contributed by atoms with E-state index in [2.05, 4.69) is 65.6 Å². The average molecular weight is 352 g/mol. The molecule has 3 aromatic rings. The zero-order valence-corrected chi connectivity index (χ0v) is 15.2. The molecule has 25 heavy (non-hydrogen) atoms. The van der Waals surface area contributed by atoms with Crippen LogP contribution in [-0.4, -0.2) is 23.1 Å². The van der Waals surface area contributed by atoms with Gasteiger partial charge in [0.05, 0.1) is 6.10 Å². The summed E-state index contributed by atoms with van der Waals surface area (Å²) in [5.41, 5.74) is 2.68. The zero-order valence-electron chi connectivity index (χ0n) is 14.4. The summed E-state index contributed by atoms with van der Waals surface area (Å²) in [4.78, 5) is 3.50. The highest BCUT2D eigenvalue weighted by atomic mass is 32.1. The van der Waals surface area contributed by atoms with Crippen molar-refractivity contribution in [2.75, 3.05) is 13.1 Å². The van der Waals surface area contributed by atoms with Crippen molar-refractivity contribution in [3.8, 4) is 0 Å². The van der Waals surface area contributed by atoms with Gasteiger partial charge in [-0.3, -0.25) is 4.90 Å². The van der Waals surface area contributed by atoms with E-state index < -0.39 is 0 Å². The van der Waals surface area contributed by atoms with Gasteiger partial charge in [0.15, 0.2) is 0 Å². The lowest BCUT2D eigenvalue weighted by atomic mass is 10.1. The van der Waals surface area contributed by atoms with Crippen LogP contribution in [0.5, 0.6) is 0 Å². The zero-order chi connectivity index (χ0) is 17.3. The largest absolute Gasteiger partial charge is 0.388 e. The Morgan fingerprint density at radius 3 is 2.12 bits per heavy atom. The molecule has 1 heterocycles. The maximum absolute atomic E-state index is 10.4. The molecule has 1 unspecified atom stereocenters. The third kappa shape index (κ3) is 5.82. The van der Waals surface area contributed by atoms with Gasteiger partial charge in [0.25, 0.3) is 0 Å². The summed E-state index contributed by atoms with van der Waals surface area (Å²) in [6, 6.07) is 25.2. The highest BCUT2D eigenvalue weighted by Gasteiger charge is 2.12. The Hall–Kier alpha value is -1.94. The minimum atomic E-state index is -0.366. The lowest BCUT2D eigenvalue weighted by molar-refractivity contribution is 0.143. The third-order valence-corrected chi connectivity index (χ3v) is 5.37. The van der Waals surface area contributed by atoms with E-state index in [0.717, 1.165) is 37.4 Å². The number of aliphatic hydroxyl groups excluding tert-OH is 1. The Morgan fingerprint density at radius 1 is 0.800 bits per heavy atom. The predicted molar refractivity (Wildman–Crippen MR) is 106 cm³/mol. The maximum atomic E-state index is 10.4. The summed E-state index contributed by atoms with van der Waals surface area (Å²) in [7, 11) is 0. The Kier molecular flexibility index (Phi) is 6.80. The third-order valence-electron chi connectivity index (χ3n) is 4.40. The van der Waals surface area contributed by atoms with Gasteiger partial charge in [-0.05, 0) is 35.4 Å². The first-order valence-corrected chi connectivity index (χ1v) is 9.71. The quantitative estimate of drug-likeness (QED) is 0.592. The Balaban J connectivity index is 1.59.